The van der Waals surface area contributed by atoms with E-state index < -0.39 is 10.8 Å². The highest BCUT2D eigenvalue weighted by atomic mass is 32.2. The van der Waals surface area contributed by atoms with Crippen LogP contribution < -0.4 is 11.1 Å². The molecule has 1 atom stereocenters. The largest absolute Gasteiger partial charge is 0.395 e. The number of rotatable bonds is 5. The van der Waals surface area contributed by atoms with Gasteiger partial charge in [-0.05, 0) is 12.1 Å². The minimum absolute atomic E-state index is 0.644. The van der Waals surface area contributed by atoms with E-state index in [0.29, 0.717) is 23.7 Å². The fourth-order valence-corrected chi connectivity index (χ4v) is 2.86. The number of anilines is 2. The van der Waals surface area contributed by atoms with Gasteiger partial charge in [0.2, 0.25) is 0 Å². The highest BCUT2D eigenvalue weighted by Crippen LogP contribution is 2.29. The summed E-state index contributed by atoms with van der Waals surface area (Å²) in [6.07, 6.45) is 0. The first-order valence-electron chi connectivity index (χ1n) is 5.43. The van der Waals surface area contributed by atoms with Gasteiger partial charge in [0.05, 0.1) is 21.6 Å². The lowest BCUT2D eigenvalue weighted by Crippen LogP contribution is -2.12. The number of hydrogen-bond acceptors (Lipinski definition) is 5. The van der Waals surface area contributed by atoms with Crippen LogP contribution in [0.25, 0.3) is 10.2 Å². The van der Waals surface area contributed by atoms with Crippen LogP contribution in [0.1, 0.15) is 6.92 Å². The van der Waals surface area contributed by atoms with E-state index in [9.17, 15) is 4.21 Å². The third-order valence-electron chi connectivity index (χ3n) is 2.51. The fraction of sp³-hybridized carbons (Fsp3) is 0.364. The molecule has 1 aromatic heterocycles. The summed E-state index contributed by atoms with van der Waals surface area (Å²) in [4.78, 5) is 4.23. The average Bonchev–Trinajstić information content (AvgIpc) is 2.81. The van der Waals surface area contributed by atoms with Gasteiger partial charge < -0.3 is 11.1 Å². The van der Waals surface area contributed by atoms with Gasteiger partial charge >= 0.3 is 0 Å². The predicted molar refractivity (Wildman–Crippen MR) is 76.1 cm³/mol. The second-order valence-electron chi connectivity index (χ2n) is 3.59. The molecule has 0 saturated carbocycles. The second kappa shape index (κ2) is 5.46. The molecule has 0 fully saturated rings. The monoisotopic (exact) mass is 269 g/mol. The Morgan fingerprint density at radius 1 is 1.53 bits per heavy atom. The van der Waals surface area contributed by atoms with E-state index in [4.69, 9.17) is 5.73 Å². The lowest BCUT2D eigenvalue weighted by atomic mass is 10.2. The number of nitrogens with two attached hydrogens (primary N) is 1. The normalized spacial score (nSPS) is 12.8. The van der Waals surface area contributed by atoms with Gasteiger partial charge in [-0.25, -0.2) is 4.98 Å². The van der Waals surface area contributed by atoms with Crippen molar-refractivity contribution in [3.05, 3.63) is 17.6 Å². The summed E-state index contributed by atoms with van der Waals surface area (Å²) in [6, 6.07) is 3.95. The van der Waals surface area contributed by atoms with Crippen molar-refractivity contribution < 1.29 is 4.21 Å². The van der Waals surface area contributed by atoms with Crippen LogP contribution in [0.4, 0.5) is 11.4 Å². The summed E-state index contributed by atoms with van der Waals surface area (Å²) < 4.78 is 12.4. The van der Waals surface area contributed by atoms with Crippen molar-refractivity contribution in [1.29, 1.82) is 0 Å². The molecule has 1 unspecified atom stereocenters. The van der Waals surface area contributed by atoms with Gasteiger partial charge in [-0.3, -0.25) is 4.21 Å². The highest BCUT2D eigenvalue weighted by molar-refractivity contribution is 7.84. The maximum absolute atomic E-state index is 11.3. The third kappa shape index (κ3) is 2.76. The SMILES string of the molecule is CCS(=O)CCNc1ccc2scnc2c1N. The number of aromatic nitrogens is 1. The molecule has 0 spiro atoms. The average molecular weight is 269 g/mol. The molecule has 1 heterocycles. The van der Waals surface area contributed by atoms with Crippen molar-refractivity contribution in [3.63, 3.8) is 0 Å². The Labute approximate surface area is 107 Å². The van der Waals surface area contributed by atoms with E-state index in [1.807, 2.05) is 19.1 Å². The minimum atomic E-state index is -0.743. The number of thiazole rings is 1. The molecule has 2 rings (SSSR count). The van der Waals surface area contributed by atoms with Crippen molar-refractivity contribution in [2.24, 2.45) is 0 Å². The molecular formula is C11H15N3OS2. The molecule has 1 aromatic carbocycles. The molecule has 92 valence electrons. The molecule has 4 nitrogen and oxygen atoms in total. The summed E-state index contributed by atoms with van der Waals surface area (Å²) in [5, 5.41) is 3.21. The number of hydrogen-bond donors (Lipinski definition) is 2. The van der Waals surface area contributed by atoms with Crippen molar-refractivity contribution in [2.45, 2.75) is 6.92 Å². The van der Waals surface area contributed by atoms with Gasteiger partial charge in [-0.15, -0.1) is 11.3 Å². The molecule has 0 aliphatic carbocycles. The first kappa shape index (κ1) is 12.3. The van der Waals surface area contributed by atoms with Crippen LogP contribution in [0.5, 0.6) is 0 Å². The van der Waals surface area contributed by atoms with E-state index >= 15 is 0 Å². The number of nitrogen functional groups attached to an aromatic ring is 1. The Morgan fingerprint density at radius 3 is 3.12 bits per heavy atom. The quantitative estimate of drug-likeness (QED) is 0.815. The third-order valence-corrected chi connectivity index (χ3v) is 4.61. The molecule has 0 saturated heterocycles. The van der Waals surface area contributed by atoms with Crippen molar-refractivity contribution in [1.82, 2.24) is 4.98 Å². The highest BCUT2D eigenvalue weighted by Gasteiger charge is 2.06. The molecular weight excluding hydrogens is 254 g/mol. The predicted octanol–water partition coefficient (Wildman–Crippen LogP) is 2.06. The fourth-order valence-electron chi connectivity index (χ4n) is 1.55. The Bertz CT molecular complexity index is 538. The summed E-state index contributed by atoms with van der Waals surface area (Å²) in [6.45, 7) is 2.59. The van der Waals surface area contributed by atoms with E-state index in [1.165, 1.54) is 0 Å². The van der Waals surface area contributed by atoms with Crippen LogP contribution in [0.15, 0.2) is 17.6 Å². The van der Waals surface area contributed by atoms with E-state index in [0.717, 1.165) is 15.9 Å². The number of fused-ring (bicyclic) bond motifs is 1. The molecule has 0 bridgehead atoms. The minimum Gasteiger partial charge on any atom is -0.395 e. The van der Waals surface area contributed by atoms with Crippen molar-refractivity contribution >= 4 is 43.7 Å². The van der Waals surface area contributed by atoms with Crippen LogP contribution in [0.3, 0.4) is 0 Å². The van der Waals surface area contributed by atoms with Crippen molar-refractivity contribution in [3.8, 4) is 0 Å². The molecule has 0 aliphatic heterocycles. The van der Waals surface area contributed by atoms with E-state index in [2.05, 4.69) is 10.3 Å². The van der Waals surface area contributed by atoms with E-state index in [-0.39, 0.29) is 0 Å². The molecule has 0 aliphatic rings. The summed E-state index contributed by atoms with van der Waals surface area (Å²) >= 11 is 1.58. The van der Waals surface area contributed by atoms with Gasteiger partial charge in [0, 0.05) is 28.9 Å². The zero-order chi connectivity index (χ0) is 12.3. The van der Waals surface area contributed by atoms with E-state index in [1.54, 1.807) is 16.8 Å². The van der Waals surface area contributed by atoms with Crippen LogP contribution in [-0.4, -0.2) is 27.2 Å². The second-order valence-corrected chi connectivity index (χ2v) is 6.34. The van der Waals surface area contributed by atoms with Gasteiger partial charge in [-0.2, -0.15) is 0 Å². The zero-order valence-corrected chi connectivity index (χ0v) is 11.2. The number of nitrogens with zero attached hydrogens (tertiary/aromatic N) is 1. The first-order valence-corrected chi connectivity index (χ1v) is 7.79. The maximum atomic E-state index is 11.3. The Balaban J connectivity index is 2.08. The van der Waals surface area contributed by atoms with Gasteiger partial charge in [0.1, 0.15) is 5.52 Å². The van der Waals surface area contributed by atoms with Crippen LogP contribution in [0.2, 0.25) is 0 Å². The first-order chi connectivity index (χ1) is 8.22. The number of benzene rings is 1. The summed E-state index contributed by atoms with van der Waals surface area (Å²) in [5.74, 6) is 1.34. The van der Waals surface area contributed by atoms with Crippen LogP contribution in [0, 0.1) is 0 Å². The summed E-state index contributed by atoms with van der Waals surface area (Å²) in [5.41, 5.74) is 10.2. The molecule has 17 heavy (non-hydrogen) atoms. The van der Waals surface area contributed by atoms with Crippen LogP contribution in [-0.2, 0) is 10.8 Å². The van der Waals surface area contributed by atoms with Crippen molar-refractivity contribution in [2.75, 3.05) is 29.1 Å². The zero-order valence-electron chi connectivity index (χ0n) is 9.60. The standard InChI is InChI=1S/C11H15N3OS2/c1-2-17(15)6-5-13-8-3-4-9-11(10(8)12)14-7-16-9/h3-4,7,13H,2,5-6,12H2,1H3. The topological polar surface area (TPSA) is 68.0 Å². The number of nitrogens with one attached hydrogen (secondary N) is 1. The molecule has 0 radical (unpaired) electrons. The van der Waals surface area contributed by atoms with Crippen LogP contribution >= 0.6 is 11.3 Å². The Hall–Kier alpha value is -1.14. The molecule has 6 heteroatoms. The Morgan fingerprint density at radius 2 is 2.35 bits per heavy atom. The van der Waals surface area contributed by atoms with Gasteiger partial charge in [0.15, 0.2) is 0 Å². The lowest BCUT2D eigenvalue weighted by Gasteiger charge is -2.09. The lowest BCUT2D eigenvalue weighted by molar-refractivity contribution is 0.684. The smallest absolute Gasteiger partial charge is 0.106 e. The molecule has 0 amide bonds. The Kier molecular flexibility index (Phi) is 3.96. The van der Waals surface area contributed by atoms with Gasteiger partial charge in [0.25, 0.3) is 0 Å². The summed E-state index contributed by atoms with van der Waals surface area (Å²) in [7, 11) is -0.743. The molecule has 3 N–H and O–H groups in total. The molecule has 2 aromatic rings. The van der Waals surface area contributed by atoms with Gasteiger partial charge in [-0.1, -0.05) is 6.92 Å². The maximum Gasteiger partial charge on any atom is 0.106 e.